The molecule has 0 saturated heterocycles. The summed E-state index contributed by atoms with van der Waals surface area (Å²) in [6.07, 6.45) is 5.70. The Morgan fingerprint density at radius 2 is 2.09 bits per heavy atom. The van der Waals surface area contributed by atoms with Gasteiger partial charge in [0, 0.05) is 24.8 Å². The predicted molar refractivity (Wildman–Crippen MR) is 122 cm³/mol. The molecule has 0 atom stereocenters. The van der Waals surface area contributed by atoms with Gasteiger partial charge in [-0.05, 0) is 63.1 Å². The van der Waals surface area contributed by atoms with Crippen LogP contribution in [0.5, 0.6) is 0 Å². The smallest absolute Gasteiger partial charge is 0.254 e. The molecule has 3 aromatic rings. The van der Waals surface area contributed by atoms with Crippen molar-refractivity contribution in [3.05, 3.63) is 53.0 Å². The number of amides is 1. The lowest BCUT2D eigenvalue weighted by molar-refractivity contribution is 0.0869. The van der Waals surface area contributed by atoms with Gasteiger partial charge in [-0.2, -0.15) is 5.10 Å². The number of benzene rings is 1. The number of nitrogens with one attached hydrogen (secondary N) is 1. The van der Waals surface area contributed by atoms with E-state index < -0.39 is 5.54 Å². The van der Waals surface area contributed by atoms with Gasteiger partial charge in [-0.3, -0.25) is 4.79 Å². The zero-order valence-corrected chi connectivity index (χ0v) is 18.9. The molecular weight excluding hydrogens is 406 g/mol. The van der Waals surface area contributed by atoms with Crippen molar-refractivity contribution in [3.63, 3.8) is 0 Å². The van der Waals surface area contributed by atoms with Crippen molar-refractivity contribution in [2.24, 2.45) is 0 Å². The number of rotatable bonds is 5. The van der Waals surface area contributed by atoms with E-state index in [1.54, 1.807) is 26.2 Å². The van der Waals surface area contributed by atoms with E-state index >= 15 is 0 Å². The second-order valence-electron chi connectivity index (χ2n) is 9.05. The zero-order chi connectivity index (χ0) is 23.0. The molecule has 1 aliphatic heterocycles. The number of aliphatic hydroxyl groups excluding tert-OH is 1. The number of aliphatic hydroxyl groups is 1. The molecule has 0 radical (unpaired) electrons. The van der Waals surface area contributed by atoms with Gasteiger partial charge in [-0.1, -0.05) is 0 Å². The Morgan fingerprint density at radius 3 is 2.84 bits per heavy atom. The van der Waals surface area contributed by atoms with Crippen LogP contribution in [0.3, 0.4) is 0 Å². The largest absolute Gasteiger partial charge is 0.394 e. The fourth-order valence-electron chi connectivity index (χ4n) is 3.88. The third-order valence-corrected chi connectivity index (χ3v) is 5.74. The first-order chi connectivity index (χ1) is 15.2. The van der Waals surface area contributed by atoms with Crippen molar-refractivity contribution in [1.82, 2.24) is 30.0 Å². The Balaban J connectivity index is 1.66. The van der Waals surface area contributed by atoms with Crippen LogP contribution in [-0.4, -0.2) is 61.4 Å². The average Bonchev–Trinajstić information content (AvgIpc) is 3.23. The van der Waals surface area contributed by atoms with E-state index in [1.807, 2.05) is 0 Å². The normalized spacial score (nSPS) is 14.3. The van der Waals surface area contributed by atoms with Crippen molar-refractivity contribution in [2.45, 2.75) is 39.3 Å². The second-order valence-corrected chi connectivity index (χ2v) is 9.05. The maximum Gasteiger partial charge on any atom is 0.254 e. The summed E-state index contributed by atoms with van der Waals surface area (Å²) in [4.78, 5) is 23.8. The van der Waals surface area contributed by atoms with Gasteiger partial charge in [0.25, 0.3) is 5.91 Å². The number of hydrogen-bond acceptors (Lipinski definition) is 7. The monoisotopic (exact) mass is 435 g/mol. The summed E-state index contributed by atoms with van der Waals surface area (Å²) in [6.45, 7) is 7.39. The van der Waals surface area contributed by atoms with Gasteiger partial charge in [-0.25, -0.2) is 14.6 Å². The van der Waals surface area contributed by atoms with Gasteiger partial charge in [-0.15, -0.1) is 0 Å². The fourth-order valence-corrected chi connectivity index (χ4v) is 3.88. The number of hydrogen-bond donors (Lipinski definition) is 3. The lowest BCUT2D eigenvalue weighted by Gasteiger charge is -2.27. The van der Waals surface area contributed by atoms with Crippen LogP contribution >= 0.6 is 0 Å². The molecule has 0 bridgehead atoms. The molecule has 9 heteroatoms. The van der Waals surface area contributed by atoms with Crippen LogP contribution in [0, 0.1) is 6.92 Å². The van der Waals surface area contributed by atoms with Crippen LogP contribution in [0.4, 0.5) is 5.82 Å². The topological polar surface area (TPSA) is 122 Å². The molecule has 4 rings (SSSR count). The van der Waals surface area contributed by atoms with E-state index in [-0.39, 0.29) is 18.3 Å². The maximum atomic E-state index is 12.5. The molecule has 0 aliphatic carbocycles. The van der Waals surface area contributed by atoms with E-state index in [2.05, 4.69) is 46.4 Å². The molecule has 2 aromatic heterocycles. The van der Waals surface area contributed by atoms with Crippen LogP contribution in [-0.2, 0) is 13.0 Å². The second kappa shape index (κ2) is 8.33. The molecule has 0 unspecified atom stereocenters. The Morgan fingerprint density at radius 1 is 1.31 bits per heavy atom. The first kappa shape index (κ1) is 21.9. The van der Waals surface area contributed by atoms with E-state index in [0.717, 1.165) is 25.1 Å². The molecule has 9 nitrogen and oxygen atoms in total. The number of nitrogens with two attached hydrogens (primary N) is 1. The van der Waals surface area contributed by atoms with Crippen LogP contribution in [0.15, 0.2) is 30.7 Å². The van der Waals surface area contributed by atoms with Gasteiger partial charge < -0.3 is 21.1 Å². The highest BCUT2D eigenvalue weighted by Crippen LogP contribution is 2.29. The van der Waals surface area contributed by atoms with Gasteiger partial charge in [0.15, 0.2) is 11.6 Å². The number of fused-ring (bicyclic) bond motifs is 1. The summed E-state index contributed by atoms with van der Waals surface area (Å²) in [5.74, 6) is 0.233. The number of nitrogens with zero attached hydrogens (tertiary/aromatic N) is 5. The number of anilines is 1. The highest BCUT2D eigenvalue weighted by atomic mass is 16.3. The van der Waals surface area contributed by atoms with Gasteiger partial charge in [0.1, 0.15) is 0 Å². The lowest BCUT2D eigenvalue weighted by Crippen LogP contribution is -2.46. The highest BCUT2D eigenvalue weighted by Gasteiger charge is 2.22. The molecule has 0 fully saturated rings. The van der Waals surface area contributed by atoms with Crippen LogP contribution in [0.1, 0.15) is 40.9 Å². The first-order valence-corrected chi connectivity index (χ1v) is 10.6. The summed E-state index contributed by atoms with van der Waals surface area (Å²) in [6, 6.07) is 4.30. The quantitative estimate of drug-likeness (QED) is 0.558. The van der Waals surface area contributed by atoms with E-state index in [9.17, 15) is 9.90 Å². The van der Waals surface area contributed by atoms with Crippen molar-refractivity contribution in [1.29, 1.82) is 0 Å². The third kappa shape index (κ3) is 4.35. The minimum Gasteiger partial charge on any atom is -0.394 e. The van der Waals surface area contributed by atoms with E-state index in [4.69, 9.17) is 10.7 Å². The summed E-state index contributed by atoms with van der Waals surface area (Å²) in [5, 5.41) is 16.4. The molecule has 1 aromatic carbocycles. The van der Waals surface area contributed by atoms with Gasteiger partial charge >= 0.3 is 0 Å². The van der Waals surface area contributed by atoms with Crippen molar-refractivity contribution < 1.29 is 9.90 Å². The Hall–Kier alpha value is -3.30. The zero-order valence-electron chi connectivity index (χ0n) is 18.9. The molecule has 32 heavy (non-hydrogen) atoms. The third-order valence-electron chi connectivity index (χ3n) is 5.74. The van der Waals surface area contributed by atoms with Crippen LogP contribution < -0.4 is 11.1 Å². The molecule has 0 saturated carbocycles. The summed E-state index contributed by atoms with van der Waals surface area (Å²) in [7, 11) is 2.12. The predicted octanol–water partition coefficient (Wildman–Crippen LogP) is 1.71. The lowest BCUT2D eigenvalue weighted by atomic mass is 9.92. The van der Waals surface area contributed by atoms with Crippen molar-refractivity contribution in [3.8, 4) is 17.1 Å². The number of aryl methyl sites for hydroxylation is 1. The number of carbonyl (C=O) groups is 1. The molecule has 0 spiro atoms. The minimum atomic E-state index is -0.740. The maximum absolute atomic E-state index is 12.5. The van der Waals surface area contributed by atoms with E-state index in [1.165, 1.54) is 27.6 Å². The number of likely N-dealkylation sites (N-methyl/N-ethyl adjacent to an activating group) is 1. The van der Waals surface area contributed by atoms with Crippen molar-refractivity contribution in [2.75, 3.05) is 25.9 Å². The SMILES string of the molecule is Cc1cc(-c2cnc(N)c(-n3cc(C(=O)NC(C)(C)CO)cn3)n2)cc2c1CCN(C)C2. The van der Waals surface area contributed by atoms with Crippen LogP contribution in [0.2, 0.25) is 0 Å². The Kier molecular flexibility index (Phi) is 5.70. The Bertz CT molecular complexity index is 1170. The molecule has 1 amide bonds. The molecule has 168 valence electrons. The van der Waals surface area contributed by atoms with Gasteiger partial charge in [0.2, 0.25) is 0 Å². The van der Waals surface area contributed by atoms with Crippen molar-refractivity contribution >= 4 is 11.7 Å². The number of carbonyl (C=O) groups excluding carboxylic acids is 1. The average molecular weight is 436 g/mol. The van der Waals surface area contributed by atoms with E-state index in [0.29, 0.717) is 17.1 Å². The standard InChI is InChI=1S/C23H29N7O2/c1-14-7-15(8-16-11-29(4)6-5-18(14)16)19-10-25-20(24)21(27-19)30-12-17(9-26-30)22(32)28-23(2,3)13-31/h7-10,12,31H,5-6,11,13H2,1-4H3,(H2,24,25)(H,28,32). The molecule has 1 aliphatic rings. The molecular formula is C23H29N7O2. The first-order valence-electron chi connectivity index (χ1n) is 10.6. The number of nitrogen functional groups attached to an aromatic ring is 1. The fraction of sp³-hybridized carbons (Fsp3) is 0.391. The summed E-state index contributed by atoms with van der Waals surface area (Å²) in [5.41, 5.74) is 11.3. The summed E-state index contributed by atoms with van der Waals surface area (Å²) >= 11 is 0. The minimum absolute atomic E-state index is 0.177. The summed E-state index contributed by atoms with van der Waals surface area (Å²) < 4.78 is 1.45. The Labute approximate surface area is 187 Å². The van der Waals surface area contributed by atoms with Crippen LogP contribution in [0.25, 0.3) is 17.1 Å². The highest BCUT2D eigenvalue weighted by molar-refractivity contribution is 5.94. The molecule has 4 N–H and O–H groups in total. The number of aromatic nitrogens is 4. The molecule has 3 heterocycles. The van der Waals surface area contributed by atoms with Gasteiger partial charge in [0.05, 0.1) is 35.8 Å².